The Morgan fingerprint density at radius 1 is 1.00 bits per heavy atom. The fourth-order valence-electron chi connectivity index (χ4n) is 4.33. The van der Waals surface area contributed by atoms with Crippen LogP contribution in [0.1, 0.15) is 55.3 Å². The fraction of sp³-hybridized carbons (Fsp3) is 0.400. The number of anilines is 1. The van der Waals surface area contributed by atoms with Crippen molar-refractivity contribution in [1.82, 2.24) is 4.98 Å². The first-order valence-corrected chi connectivity index (χ1v) is 11.2. The normalized spacial score (nSPS) is 13.2. The Balaban J connectivity index is 0.00000272. The summed E-state index contributed by atoms with van der Waals surface area (Å²) in [7, 11) is 0. The van der Waals surface area contributed by atoms with Crippen molar-refractivity contribution in [2.75, 3.05) is 11.9 Å². The van der Waals surface area contributed by atoms with Crippen LogP contribution in [0.15, 0.2) is 53.9 Å². The van der Waals surface area contributed by atoms with Gasteiger partial charge in [0.1, 0.15) is 6.54 Å². The topological polar surface area (TPSA) is 61.4 Å². The van der Waals surface area contributed by atoms with Crippen molar-refractivity contribution >= 4 is 22.8 Å². The predicted octanol–water partition coefficient (Wildman–Crippen LogP) is 1.89. The maximum absolute atomic E-state index is 8.57. The van der Waals surface area contributed by atoms with Crippen LogP contribution in [-0.4, -0.2) is 23.0 Å². The molecule has 1 aliphatic carbocycles. The number of aryl methyl sites for hydroxylation is 2. The Hall–Kier alpha value is -2.47. The summed E-state index contributed by atoms with van der Waals surface area (Å²) in [5, 5.41) is 16.7. The molecule has 31 heavy (non-hydrogen) atoms. The maximum Gasteiger partial charge on any atom is 0.169 e. The highest BCUT2D eigenvalue weighted by molar-refractivity contribution is 5.93. The summed E-state index contributed by atoms with van der Waals surface area (Å²) in [5.74, 6) is 0. The minimum absolute atomic E-state index is 0. The zero-order chi connectivity index (χ0) is 20.6. The molecule has 6 heteroatoms. The predicted molar refractivity (Wildman–Crippen MR) is 121 cm³/mol. The molecular weight excluding hydrogens is 452 g/mol. The number of oxime groups is 1. The van der Waals surface area contributed by atoms with E-state index < -0.39 is 0 Å². The number of halogens is 1. The Kier molecular flexibility index (Phi) is 8.83. The lowest BCUT2D eigenvalue weighted by molar-refractivity contribution is -0.697. The summed E-state index contributed by atoms with van der Waals surface area (Å²) in [5.41, 5.74) is 6.11. The van der Waals surface area contributed by atoms with Crippen LogP contribution in [0.4, 0.5) is 5.69 Å². The van der Waals surface area contributed by atoms with Gasteiger partial charge in [-0.2, -0.15) is 0 Å². The molecule has 0 saturated heterocycles. The van der Waals surface area contributed by atoms with Crippen molar-refractivity contribution < 1.29 is 26.8 Å². The zero-order valence-electron chi connectivity index (χ0n) is 17.9. The van der Waals surface area contributed by atoms with Gasteiger partial charge in [0, 0.05) is 47.4 Å². The van der Waals surface area contributed by atoms with Crippen LogP contribution in [0.5, 0.6) is 0 Å². The number of aromatic nitrogens is 2. The third-order valence-electron chi connectivity index (χ3n) is 5.94. The number of fused-ring (bicyclic) bond motifs is 2. The number of para-hydroxylation sites is 1. The standard InChI is InChI=1S/C25H30N4O.BrH/c30-27-19-20-13-17-29(18-14-20)16-8-2-1-7-15-26-25-21-9-3-5-11-23(21)28-24-12-6-4-10-22(24)25;/h3,5,9,11,13-14,17-19H,1-2,4,6-8,10,12,15-16H2,(H,26,28);1H. The molecule has 4 rings (SSSR count). The van der Waals surface area contributed by atoms with E-state index in [9.17, 15) is 0 Å². The average molecular weight is 483 g/mol. The molecule has 0 aliphatic heterocycles. The van der Waals surface area contributed by atoms with Crippen LogP contribution < -0.4 is 26.9 Å². The van der Waals surface area contributed by atoms with Gasteiger partial charge >= 0.3 is 0 Å². The molecule has 2 heterocycles. The molecule has 2 N–H and O–H groups in total. The van der Waals surface area contributed by atoms with E-state index in [1.165, 1.54) is 67.1 Å². The van der Waals surface area contributed by atoms with Crippen LogP contribution in [-0.2, 0) is 19.4 Å². The first-order valence-electron chi connectivity index (χ1n) is 11.2. The molecule has 164 valence electrons. The third kappa shape index (κ3) is 6.03. The molecule has 0 unspecified atom stereocenters. The largest absolute Gasteiger partial charge is 1.00 e. The second-order valence-electron chi connectivity index (χ2n) is 8.09. The molecule has 5 nitrogen and oxygen atoms in total. The molecule has 3 aromatic rings. The number of unbranched alkanes of at least 4 members (excludes halogenated alkanes) is 3. The molecule has 0 saturated carbocycles. The molecule has 0 spiro atoms. The van der Waals surface area contributed by atoms with Gasteiger partial charge in [-0.15, -0.1) is 0 Å². The van der Waals surface area contributed by atoms with Crippen molar-refractivity contribution in [1.29, 1.82) is 0 Å². The highest BCUT2D eigenvalue weighted by Crippen LogP contribution is 2.33. The minimum atomic E-state index is 0. The number of rotatable bonds is 9. The fourth-order valence-corrected chi connectivity index (χ4v) is 4.33. The first-order chi connectivity index (χ1) is 14.8. The van der Waals surface area contributed by atoms with Crippen LogP contribution in [0.25, 0.3) is 10.9 Å². The van der Waals surface area contributed by atoms with E-state index in [1.807, 2.05) is 24.5 Å². The Bertz CT molecular complexity index is 1000. The van der Waals surface area contributed by atoms with E-state index in [1.54, 1.807) is 0 Å². The van der Waals surface area contributed by atoms with Crippen molar-refractivity contribution in [3.63, 3.8) is 0 Å². The van der Waals surface area contributed by atoms with E-state index in [-0.39, 0.29) is 17.0 Å². The molecule has 0 atom stereocenters. The van der Waals surface area contributed by atoms with Gasteiger partial charge in [-0.3, -0.25) is 4.98 Å². The molecule has 1 aliphatic rings. The highest BCUT2D eigenvalue weighted by Gasteiger charge is 2.17. The van der Waals surface area contributed by atoms with E-state index in [0.29, 0.717) is 0 Å². The summed E-state index contributed by atoms with van der Waals surface area (Å²) in [6.07, 6.45) is 15.1. The Morgan fingerprint density at radius 2 is 1.77 bits per heavy atom. The highest BCUT2D eigenvalue weighted by atomic mass is 79.9. The van der Waals surface area contributed by atoms with E-state index >= 15 is 0 Å². The molecule has 1 aromatic carbocycles. The summed E-state index contributed by atoms with van der Waals surface area (Å²) >= 11 is 0. The van der Waals surface area contributed by atoms with Crippen molar-refractivity contribution in [3.8, 4) is 0 Å². The summed E-state index contributed by atoms with van der Waals surface area (Å²) in [6.45, 7) is 2.04. The zero-order valence-corrected chi connectivity index (χ0v) is 19.5. The summed E-state index contributed by atoms with van der Waals surface area (Å²) < 4.78 is 2.18. The van der Waals surface area contributed by atoms with E-state index in [2.05, 4.69) is 39.3 Å². The third-order valence-corrected chi connectivity index (χ3v) is 5.94. The van der Waals surface area contributed by atoms with Crippen LogP contribution in [0.2, 0.25) is 0 Å². The monoisotopic (exact) mass is 482 g/mol. The number of benzene rings is 1. The molecular formula is C25H31BrN4O. The van der Waals surface area contributed by atoms with Gasteiger partial charge in [0.15, 0.2) is 12.4 Å². The SMILES string of the molecule is O/N=C/c1cc[n+](CCCCCCNc2c3c(nc4ccccc24)CCCC3)cc1.[Br-]. The molecule has 0 amide bonds. The lowest BCUT2D eigenvalue weighted by atomic mass is 9.92. The molecule has 0 radical (unpaired) electrons. The van der Waals surface area contributed by atoms with E-state index in [4.69, 9.17) is 10.2 Å². The Morgan fingerprint density at radius 3 is 2.61 bits per heavy atom. The molecule has 0 fully saturated rings. The number of pyridine rings is 2. The molecule has 0 bridgehead atoms. The van der Waals surface area contributed by atoms with Gasteiger partial charge in [-0.1, -0.05) is 29.8 Å². The number of nitrogens with one attached hydrogen (secondary N) is 1. The van der Waals surface area contributed by atoms with E-state index in [0.717, 1.165) is 37.0 Å². The smallest absolute Gasteiger partial charge is 0.169 e. The first kappa shape index (κ1) is 23.2. The minimum Gasteiger partial charge on any atom is -1.00 e. The van der Waals surface area contributed by atoms with Crippen LogP contribution in [0.3, 0.4) is 0 Å². The lowest BCUT2D eigenvalue weighted by Crippen LogP contribution is -3.00. The van der Waals surface area contributed by atoms with Gasteiger partial charge < -0.3 is 27.5 Å². The quantitative estimate of drug-likeness (QED) is 0.161. The Labute approximate surface area is 195 Å². The number of hydrogen-bond donors (Lipinski definition) is 2. The van der Waals surface area contributed by atoms with Crippen molar-refractivity contribution in [3.05, 3.63) is 65.6 Å². The lowest BCUT2D eigenvalue weighted by Gasteiger charge is -2.21. The summed E-state index contributed by atoms with van der Waals surface area (Å²) in [6, 6.07) is 12.5. The van der Waals surface area contributed by atoms with Gasteiger partial charge in [-0.05, 0) is 50.2 Å². The number of hydrogen-bond acceptors (Lipinski definition) is 4. The van der Waals surface area contributed by atoms with Gasteiger partial charge in [0.05, 0.1) is 11.7 Å². The summed E-state index contributed by atoms with van der Waals surface area (Å²) in [4.78, 5) is 4.93. The van der Waals surface area contributed by atoms with Gasteiger partial charge in [-0.25, -0.2) is 4.57 Å². The number of nitrogens with zero attached hydrogens (tertiary/aromatic N) is 3. The average Bonchev–Trinajstić information content (AvgIpc) is 2.79. The van der Waals surface area contributed by atoms with Crippen molar-refractivity contribution in [2.24, 2.45) is 5.16 Å². The van der Waals surface area contributed by atoms with Gasteiger partial charge in [0.2, 0.25) is 0 Å². The molecule has 2 aromatic heterocycles. The maximum atomic E-state index is 8.57. The van der Waals surface area contributed by atoms with Gasteiger partial charge in [0.25, 0.3) is 0 Å². The second-order valence-corrected chi connectivity index (χ2v) is 8.09. The second kappa shape index (κ2) is 11.8. The van der Waals surface area contributed by atoms with Crippen LogP contribution >= 0.6 is 0 Å². The van der Waals surface area contributed by atoms with Crippen molar-refractivity contribution in [2.45, 2.75) is 57.9 Å². The van der Waals surface area contributed by atoms with Crippen LogP contribution in [0, 0.1) is 0 Å².